The molecule has 9 atom stereocenters. The molecule has 0 aromatic rings. The first-order chi connectivity index (χ1) is 13.8. The van der Waals surface area contributed by atoms with E-state index in [9.17, 15) is 24.0 Å². The van der Waals surface area contributed by atoms with Crippen LogP contribution in [0.15, 0.2) is 9.98 Å². The van der Waals surface area contributed by atoms with Crippen molar-refractivity contribution < 1.29 is 46.9 Å². The molecule has 0 amide bonds. The lowest BCUT2D eigenvalue weighted by atomic mass is 10.1. The van der Waals surface area contributed by atoms with E-state index in [0.29, 0.717) is 0 Å². The Labute approximate surface area is 170 Å². The third kappa shape index (κ3) is 5.68. The number of aliphatic hydroxyl groups is 1. The molecule has 16 nitrogen and oxygen atoms in total. The van der Waals surface area contributed by atoms with Crippen molar-refractivity contribution in [2.75, 3.05) is 6.61 Å². The number of rotatable bonds is 2. The third-order valence-electron chi connectivity index (χ3n) is 4.59. The van der Waals surface area contributed by atoms with E-state index in [2.05, 4.69) is 9.98 Å². The fourth-order valence-electron chi connectivity index (χ4n) is 3.46. The minimum Gasteiger partial charge on any atom is -0.388 e. The van der Waals surface area contributed by atoms with Crippen molar-refractivity contribution in [3.05, 3.63) is 0 Å². The topological polar surface area (TPSA) is 270 Å². The first kappa shape index (κ1) is 23.3. The highest BCUT2D eigenvalue weighted by atomic mass is 31.2. The summed E-state index contributed by atoms with van der Waals surface area (Å²) in [4.78, 5) is 27.8. The second kappa shape index (κ2) is 8.67. The summed E-state index contributed by atoms with van der Waals surface area (Å²) >= 11 is 0. The van der Waals surface area contributed by atoms with Gasteiger partial charge in [-0.3, -0.25) is 18.1 Å². The number of fused-ring (bicyclic) bond motifs is 2. The monoisotopic (exact) mass is 474 g/mol. The van der Waals surface area contributed by atoms with Crippen molar-refractivity contribution in [1.29, 1.82) is 0 Å². The summed E-state index contributed by atoms with van der Waals surface area (Å²) in [5.41, 5.74) is 21.2. The molecular formula is C12H24N6O10P2. The Morgan fingerprint density at radius 2 is 1.60 bits per heavy atom. The molecule has 0 bridgehead atoms. The molecule has 3 fully saturated rings. The van der Waals surface area contributed by atoms with Crippen LogP contribution in [0.1, 0.15) is 12.8 Å². The number of nitrogens with zero attached hydrogens (tertiary/aromatic N) is 2. The first-order valence-electron chi connectivity index (χ1n) is 8.71. The Hall–Kier alpha value is -1.32. The normalized spacial score (nSPS) is 46.8. The van der Waals surface area contributed by atoms with E-state index in [1.165, 1.54) is 0 Å². The number of phosphoric ester groups is 2. The van der Waals surface area contributed by atoms with Crippen molar-refractivity contribution in [1.82, 2.24) is 0 Å². The van der Waals surface area contributed by atoms with Gasteiger partial charge in [0.1, 0.15) is 18.3 Å². The van der Waals surface area contributed by atoms with Gasteiger partial charge in [-0.1, -0.05) is 0 Å². The Bertz CT molecular complexity index is 804. The van der Waals surface area contributed by atoms with Crippen LogP contribution >= 0.6 is 15.6 Å². The number of nitrogens with two attached hydrogens (primary N) is 4. The highest BCUT2D eigenvalue weighted by Gasteiger charge is 2.51. The molecule has 2 heterocycles. The Balaban J connectivity index is 1.87. The Morgan fingerprint density at radius 3 is 2.23 bits per heavy atom. The summed E-state index contributed by atoms with van der Waals surface area (Å²) in [6.45, 7) is -0.471. The van der Waals surface area contributed by atoms with Gasteiger partial charge >= 0.3 is 15.6 Å². The lowest BCUT2D eigenvalue weighted by Crippen LogP contribution is -2.35. The maximum absolute atomic E-state index is 12.6. The average Bonchev–Trinajstić information content (AvgIpc) is 3.05. The van der Waals surface area contributed by atoms with E-state index in [1.54, 1.807) is 0 Å². The SMILES string of the molecule is NC(N)=N[C@H]1C[C@@H]2OP(=O)(O)OC[C@@H]3C[C@H](N=C(N)N)[C@@H](O)[C@H]3OP(=O)(O)O[C@H]2O1. The molecule has 0 aromatic carbocycles. The predicted octanol–water partition coefficient (Wildman–Crippen LogP) is -2.63. The van der Waals surface area contributed by atoms with Crippen LogP contribution in [0, 0.1) is 5.92 Å². The zero-order chi connectivity index (χ0) is 22.3. The first-order valence-corrected chi connectivity index (χ1v) is 11.7. The smallest absolute Gasteiger partial charge is 0.388 e. The molecule has 3 aliphatic rings. The van der Waals surface area contributed by atoms with Crippen molar-refractivity contribution in [3.8, 4) is 0 Å². The molecule has 3 rings (SSSR count). The van der Waals surface area contributed by atoms with Gasteiger partial charge in [-0.25, -0.2) is 19.1 Å². The van der Waals surface area contributed by atoms with Crippen LogP contribution in [0.4, 0.5) is 0 Å². The molecule has 172 valence electrons. The zero-order valence-corrected chi connectivity index (χ0v) is 17.2. The van der Waals surface area contributed by atoms with Gasteiger partial charge < -0.3 is 42.6 Å². The van der Waals surface area contributed by atoms with Crippen molar-refractivity contribution in [3.63, 3.8) is 0 Å². The number of hydrogen-bond acceptors (Lipinski definition) is 10. The highest BCUT2D eigenvalue weighted by molar-refractivity contribution is 7.47. The molecule has 0 radical (unpaired) electrons. The molecular weight excluding hydrogens is 450 g/mol. The number of guanidine groups is 2. The molecule has 11 N–H and O–H groups in total. The second-order valence-corrected chi connectivity index (χ2v) is 9.67. The molecule has 30 heavy (non-hydrogen) atoms. The van der Waals surface area contributed by atoms with Crippen LogP contribution in [-0.2, 0) is 32.0 Å². The summed E-state index contributed by atoms with van der Waals surface area (Å²) < 4.78 is 50.3. The molecule has 18 heteroatoms. The standard InChI is InChI=1S/C12H24N6O10P2/c13-11(14)17-5-1-4-3-24-29(20,21)26-6-2-7(18-12(15)16)25-10(6)28-30(22,23)27-9(4)8(5)19/h4-10,19H,1-3H2,(H,20,21)(H,22,23)(H4,13,14,17)(H4,15,16,18)/t4-,5-,6-,7+,8+,9-,10+/m0/s1. The molecule has 0 aromatic heterocycles. The van der Waals surface area contributed by atoms with Crippen LogP contribution in [0.25, 0.3) is 0 Å². The fraction of sp³-hybridized carbons (Fsp3) is 0.833. The molecule has 1 aliphatic carbocycles. The van der Waals surface area contributed by atoms with E-state index in [0.717, 1.165) is 0 Å². The minimum absolute atomic E-state index is 0.0274. The predicted molar refractivity (Wildman–Crippen MR) is 99.2 cm³/mol. The van der Waals surface area contributed by atoms with Gasteiger partial charge in [-0.2, -0.15) is 0 Å². The van der Waals surface area contributed by atoms with E-state index in [1.807, 2.05) is 0 Å². The van der Waals surface area contributed by atoms with Gasteiger partial charge in [0.25, 0.3) is 0 Å². The van der Waals surface area contributed by atoms with Crippen LogP contribution < -0.4 is 22.9 Å². The van der Waals surface area contributed by atoms with Gasteiger partial charge in [-0.05, 0) is 6.42 Å². The quantitative estimate of drug-likeness (QED) is 0.123. The van der Waals surface area contributed by atoms with Crippen LogP contribution in [-0.4, -0.2) is 70.3 Å². The maximum atomic E-state index is 12.6. The van der Waals surface area contributed by atoms with Gasteiger partial charge in [0.2, 0.25) is 0 Å². The molecule has 2 saturated heterocycles. The number of ether oxygens (including phenoxy) is 1. The molecule has 1 saturated carbocycles. The number of aliphatic imine (C=N–C) groups is 2. The van der Waals surface area contributed by atoms with E-state index >= 15 is 0 Å². The molecule has 2 aliphatic heterocycles. The lowest BCUT2D eigenvalue weighted by Gasteiger charge is -2.25. The van der Waals surface area contributed by atoms with Crippen molar-refractivity contribution in [2.24, 2.45) is 38.8 Å². The van der Waals surface area contributed by atoms with E-state index < -0.39 is 65.0 Å². The van der Waals surface area contributed by atoms with Crippen molar-refractivity contribution in [2.45, 2.75) is 49.7 Å². The van der Waals surface area contributed by atoms with Gasteiger partial charge in [0.05, 0.1) is 12.6 Å². The fourth-order valence-corrected chi connectivity index (χ4v) is 5.53. The lowest BCUT2D eigenvalue weighted by molar-refractivity contribution is -0.122. The van der Waals surface area contributed by atoms with Gasteiger partial charge in [0, 0.05) is 12.3 Å². The van der Waals surface area contributed by atoms with Gasteiger partial charge in [-0.15, -0.1) is 0 Å². The largest absolute Gasteiger partial charge is 0.475 e. The third-order valence-corrected chi connectivity index (χ3v) is 6.59. The summed E-state index contributed by atoms with van der Waals surface area (Å²) in [5.74, 6) is -1.52. The number of phosphoric acid groups is 2. The Morgan fingerprint density at radius 1 is 0.933 bits per heavy atom. The molecule has 2 unspecified atom stereocenters. The van der Waals surface area contributed by atoms with Crippen LogP contribution in [0.2, 0.25) is 0 Å². The number of hydrogen-bond donors (Lipinski definition) is 7. The maximum Gasteiger partial charge on any atom is 0.475 e. The number of aliphatic hydroxyl groups excluding tert-OH is 1. The molecule has 0 spiro atoms. The summed E-state index contributed by atoms with van der Waals surface area (Å²) in [6.07, 6.45) is -7.02. The van der Waals surface area contributed by atoms with E-state index in [-0.39, 0.29) is 24.8 Å². The Kier molecular flexibility index (Phi) is 6.74. The zero-order valence-electron chi connectivity index (χ0n) is 15.5. The van der Waals surface area contributed by atoms with Gasteiger partial charge in [0.15, 0.2) is 24.4 Å². The van der Waals surface area contributed by atoms with Crippen molar-refractivity contribution >= 4 is 27.6 Å². The summed E-state index contributed by atoms with van der Waals surface area (Å²) in [6, 6.07) is -0.905. The van der Waals surface area contributed by atoms with E-state index in [4.69, 9.17) is 45.8 Å². The summed E-state index contributed by atoms with van der Waals surface area (Å²) in [5, 5.41) is 10.4. The minimum atomic E-state index is -4.88. The second-order valence-electron chi connectivity index (χ2n) is 6.91. The summed E-state index contributed by atoms with van der Waals surface area (Å²) in [7, 11) is -9.56. The highest BCUT2D eigenvalue weighted by Crippen LogP contribution is 2.55. The van der Waals surface area contributed by atoms with Crippen LogP contribution in [0.5, 0.6) is 0 Å². The average molecular weight is 474 g/mol. The van der Waals surface area contributed by atoms with Crippen LogP contribution in [0.3, 0.4) is 0 Å².